The molecule has 238 valence electrons. The third kappa shape index (κ3) is 19.5. The van der Waals surface area contributed by atoms with Gasteiger partial charge >= 0.3 is 0 Å². The van der Waals surface area contributed by atoms with Crippen LogP contribution in [0, 0.1) is 0 Å². The second kappa shape index (κ2) is 24.2. The molecule has 0 atom stereocenters. The molecule has 0 aliphatic rings. The number of nitrogens with zero attached hydrogens (tertiary/aromatic N) is 1. The lowest BCUT2D eigenvalue weighted by Crippen LogP contribution is -2.52. The molecule has 0 saturated carbocycles. The van der Waals surface area contributed by atoms with E-state index >= 15 is 0 Å². The van der Waals surface area contributed by atoms with Gasteiger partial charge in [0, 0.05) is 17.3 Å². The normalized spacial score (nSPS) is 12.4. The highest BCUT2D eigenvalue weighted by Gasteiger charge is 2.34. The van der Waals surface area contributed by atoms with Gasteiger partial charge in [-0.3, -0.25) is 0 Å². The van der Waals surface area contributed by atoms with E-state index in [0.717, 1.165) is 0 Å². The summed E-state index contributed by atoms with van der Waals surface area (Å²) in [5, 5.41) is 0. The van der Waals surface area contributed by atoms with E-state index in [0.29, 0.717) is 0 Å². The van der Waals surface area contributed by atoms with Gasteiger partial charge in [-0.1, -0.05) is 185 Å². The molecule has 0 aliphatic carbocycles. The molecule has 0 aromatic heterocycles. The van der Waals surface area contributed by atoms with Gasteiger partial charge in [-0.15, -0.1) is 0 Å². The number of rotatable bonds is 28. The number of benzene rings is 1. The first kappa shape index (κ1) is 37.8. The zero-order valence-corrected chi connectivity index (χ0v) is 29.0. The largest absolute Gasteiger partial charge is 0.367 e. The lowest BCUT2D eigenvalue weighted by Gasteiger charge is -2.49. The Balaban J connectivity index is 2.49. The van der Waals surface area contributed by atoms with Crippen LogP contribution < -0.4 is 0 Å². The summed E-state index contributed by atoms with van der Waals surface area (Å²) in [6.07, 6.45) is 38.4. The standard InChI is InChI=1S/C40H73N/c1-7-9-11-13-15-17-19-21-23-25-30-35-39(3,4)41(37-34-38-32-28-27-29-33-38)40(5,6)36-31-26-24-22-20-18-16-14-12-10-8-2/h27-29,32-34,37H,7-26,30-31,35-36H2,1-6H3/b37-34+. The molecule has 1 nitrogen and oxygen atoms in total. The molecule has 0 N–H and O–H groups in total. The Morgan fingerprint density at radius 1 is 0.463 bits per heavy atom. The molecule has 0 fully saturated rings. The summed E-state index contributed by atoms with van der Waals surface area (Å²) in [4.78, 5) is 2.72. The Labute approximate surface area is 259 Å². The van der Waals surface area contributed by atoms with Crippen molar-refractivity contribution in [3.05, 3.63) is 42.1 Å². The summed E-state index contributed by atoms with van der Waals surface area (Å²) in [5.74, 6) is 0. The monoisotopic (exact) mass is 568 g/mol. The van der Waals surface area contributed by atoms with E-state index in [4.69, 9.17) is 0 Å². The zero-order valence-electron chi connectivity index (χ0n) is 29.0. The van der Waals surface area contributed by atoms with Crippen LogP contribution in [0.4, 0.5) is 0 Å². The molecular formula is C40H73N. The Hall–Kier alpha value is -1.24. The Morgan fingerprint density at radius 2 is 0.780 bits per heavy atom. The first-order valence-corrected chi connectivity index (χ1v) is 18.4. The lowest BCUT2D eigenvalue weighted by molar-refractivity contribution is 0.0540. The zero-order chi connectivity index (χ0) is 30.1. The van der Waals surface area contributed by atoms with Gasteiger partial charge in [-0.05, 0) is 52.2 Å². The van der Waals surface area contributed by atoms with Gasteiger partial charge in [0.1, 0.15) is 0 Å². The number of hydrogen-bond donors (Lipinski definition) is 0. The van der Waals surface area contributed by atoms with Crippen molar-refractivity contribution in [2.75, 3.05) is 0 Å². The smallest absolute Gasteiger partial charge is 0.0346 e. The van der Waals surface area contributed by atoms with E-state index < -0.39 is 0 Å². The van der Waals surface area contributed by atoms with Gasteiger partial charge in [-0.2, -0.15) is 0 Å². The van der Waals surface area contributed by atoms with E-state index in [1.807, 2.05) is 0 Å². The second-order valence-electron chi connectivity index (χ2n) is 14.3. The molecule has 0 amide bonds. The Bertz CT molecular complexity index is 678. The third-order valence-corrected chi connectivity index (χ3v) is 9.30. The fourth-order valence-electron chi connectivity index (χ4n) is 6.63. The van der Waals surface area contributed by atoms with Crippen molar-refractivity contribution in [1.82, 2.24) is 4.90 Å². The van der Waals surface area contributed by atoms with Crippen LogP contribution in [0.5, 0.6) is 0 Å². The van der Waals surface area contributed by atoms with E-state index in [9.17, 15) is 0 Å². The Kier molecular flexibility index (Phi) is 22.3. The minimum Gasteiger partial charge on any atom is -0.367 e. The molecule has 1 rings (SSSR count). The van der Waals surface area contributed by atoms with Crippen molar-refractivity contribution in [1.29, 1.82) is 0 Å². The van der Waals surface area contributed by atoms with Crippen molar-refractivity contribution in [2.24, 2.45) is 0 Å². The van der Waals surface area contributed by atoms with E-state index in [2.05, 4.69) is 89.1 Å². The molecule has 0 aliphatic heterocycles. The first-order valence-electron chi connectivity index (χ1n) is 18.4. The van der Waals surface area contributed by atoms with Crippen LogP contribution in [0.3, 0.4) is 0 Å². The molecule has 0 spiro atoms. The molecule has 0 radical (unpaired) electrons. The van der Waals surface area contributed by atoms with Crippen molar-refractivity contribution >= 4 is 6.08 Å². The lowest BCUT2D eigenvalue weighted by atomic mass is 9.86. The second-order valence-corrected chi connectivity index (χ2v) is 14.3. The molecule has 0 heterocycles. The van der Waals surface area contributed by atoms with Crippen LogP contribution in [0.1, 0.15) is 201 Å². The summed E-state index contributed by atoms with van der Waals surface area (Å²) < 4.78 is 0. The highest BCUT2D eigenvalue weighted by atomic mass is 15.2. The van der Waals surface area contributed by atoms with Gasteiger partial charge in [0.2, 0.25) is 0 Å². The van der Waals surface area contributed by atoms with E-state index in [1.165, 1.54) is 160 Å². The van der Waals surface area contributed by atoms with Gasteiger partial charge in [0.25, 0.3) is 0 Å². The van der Waals surface area contributed by atoms with Crippen molar-refractivity contribution in [2.45, 2.75) is 207 Å². The SMILES string of the molecule is CCCCCCCCCCCCCC(C)(C)N(/C=C/c1ccccc1)C(C)(C)CCCCCCCCCCCCC. The number of unbranched alkanes of at least 4 members (excludes halogenated alkanes) is 20. The van der Waals surface area contributed by atoms with Gasteiger partial charge in [0.05, 0.1) is 0 Å². The van der Waals surface area contributed by atoms with Crippen LogP contribution in [0.25, 0.3) is 6.08 Å². The molecule has 0 saturated heterocycles. The Morgan fingerprint density at radius 3 is 1.12 bits per heavy atom. The maximum absolute atomic E-state index is 2.72. The maximum Gasteiger partial charge on any atom is 0.0346 e. The summed E-state index contributed by atoms with van der Waals surface area (Å²) in [5.41, 5.74) is 1.62. The highest BCUT2D eigenvalue weighted by Crippen LogP contribution is 2.34. The quantitative estimate of drug-likeness (QED) is 0.0910. The minimum absolute atomic E-state index is 0.159. The van der Waals surface area contributed by atoms with Crippen LogP contribution >= 0.6 is 0 Å². The van der Waals surface area contributed by atoms with Gasteiger partial charge in [0.15, 0.2) is 0 Å². The van der Waals surface area contributed by atoms with Crippen LogP contribution in [0.2, 0.25) is 0 Å². The minimum atomic E-state index is 0.159. The fraction of sp³-hybridized carbons (Fsp3) is 0.800. The molecule has 1 aromatic rings. The molecule has 0 unspecified atom stereocenters. The maximum atomic E-state index is 2.72. The third-order valence-electron chi connectivity index (χ3n) is 9.30. The van der Waals surface area contributed by atoms with E-state index in [-0.39, 0.29) is 11.1 Å². The summed E-state index contributed by atoms with van der Waals surface area (Å²) in [6, 6.07) is 10.9. The topological polar surface area (TPSA) is 3.24 Å². The van der Waals surface area contributed by atoms with Crippen molar-refractivity contribution in [3.63, 3.8) is 0 Å². The highest BCUT2D eigenvalue weighted by molar-refractivity contribution is 5.48. The van der Waals surface area contributed by atoms with E-state index in [1.54, 1.807) is 0 Å². The van der Waals surface area contributed by atoms with Gasteiger partial charge in [-0.25, -0.2) is 0 Å². The predicted molar refractivity (Wildman–Crippen MR) is 188 cm³/mol. The molecule has 0 bridgehead atoms. The van der Waals surface area contributed by atoms with Crippen LogP contribution in [-0.4, -0.2) is 16.0 Å². The molecule has 1 heteroatoms. The summed E-state index contributed by atoms with van der Waals surface area (Å²) in [7, 11) is 0. The van der Waals surface area contributed by atoms with Crippen molar-refractivity contribution < 1.29 is 0 Å². The summed E-state index contributed by atoms with van der Waals surface area (Å²) in [6.45, 7) is 14.6. The fourth-order valence-corrected chi connectivity index (χ4v) is 6.63. The predicted octanol–water partition coefficient (Wildman–Crippen LogP) is 13.9. The molecule has 1 aromatic carbocycles. The van der Waals surface area contributed by atoms with Crippen LogP contribution in [-0.2, 0) is 0 Å². The average Bonchev–Trinajstić information content (AvgIpc) is 2.95. The molecular weight excluding hydrogens is 494 g/mol. The number of hydrogen-bond acceptors (Lipinski definition) is 1. The van der Waals surface area contributed by atoms with Crippen LogP contribution in [0.15, 0.2) is 36.5 Å². The van der Waals surface area contributed by atoms with Gasteiger partial charge < -0.3 is 4.90 Å². The van der Waals surface area contributed by atoms with Crippen molar-refractivity contribution in [3.8, 4) is 0 Å². The first-order chi connectivity index (χ1) is 19.8. The average molecular weight is 568 g/mol. The molecule has 41 heavy (non-hydrogen) atoms. The summed E-state index contributed by atoms with van der Waals surface area (Å²) >= 11 is 0.